The van der Waals surface area contributed by atoms with Crippen molar-refractivity contribution in [2.75, 3.05) is 13.2 Å². The molecule has 0 aliphatic carbocycles. The number of aliphatic hydroxyl groups is 1. The zero-order valence-electron chi connectivity index (χ0n) is 38.0. The van der Waals surface area contributed by atoms with Crippen molar-refractivity contribution in [3.8, 4) is 0 Å². The molecule has 0 saturated heterocycles. The van der Waals surface area contributed by atoms with Gasteiger partial charge in [-0.25, -0.2) is 0 Å². The number of hydrogen-bond acceptors (Lipinski definition) is 5. The minimum absolute atomic E-state index is 0.0844. The van der Waals surface area contributed by atoms with Gasteiger partial charge in [0, 0.05) is 12.8 Å². The van der Waals surface area contributed by atoms with E-state index in [1.54, 1.807) is 0 Å². The van der Waals surface area contributed by atoms with Crippen LogP contribution in [0.3, 0.4) is 0 Å². The molecule has 5 nitrogen and oxygen atoms in total. The lowest BCUT2D eigenvalue weighted by molar-refractivity contribution is -0.161. The van der Waals surface area contributed by atoms with Crippen LogP contribution >= 0.6 is 0 Å². The lowest BCUT2D eigenvalue weighted by Crippen LogP contribution is -2.28. The summed E-state index contributed by atoms with van der Waals surface area (Å²) in [7, 11) is 0. The Morgan fingerprint density at radius 2 is 0.741 bits per heavy atom. The van der Waals surface area contributed by atoms with E-state index in [-0.39, 0.29) is 25.2 Å². The van der Waals surface area contributed by atoms with Crippen LogP contribution in [0.25, 0.3) is 0 Å². The second-order valence-electron chi connectivity index (χ2n) is 16.2. The molecule has 0 aliphatic rings. The molecule has 0 saturated carbocycles. The maximum atomic E-state index is 12.2. The summed E-state index contributed by atoms with van der Waals surface area (Å²) in [5.41, 5.74) is 0. The fourth-order valence-electron chi connectivity index (χ4n) is 6.85. The van der Waals surface area contributed by atoms with Gasteiger partial charge in [0.2, 0.25) is 0 Å². The molecule has 0 bridgehead atoms. The monoisotopic (exact) mass is 809 g/mol. The molecule has 58 heavy (non-hydrogen) atoms. The molecule has 0 heterocycles. The first-order valence-corrected chi connectivity index (χ1v) is 24.5. The van der Waals surface area contributed by atoms with Crippen molar-refractivity contribution in [2.45, 2.75) is 238 Å². The number of rotatable bonds is 44. The van der Waals surface area contributed by atoms with Crippen LogP contribution in [0.5, 0.6) is 0 Å². The maximum Gasteiger partial charge on any atom is 0.306 e. The van der Waals surface area contributed by atoms with Crippen molar-refractivity contribution in [2.24, 2.45) is 0 Å². The number of aliphatic hydroxyl groups excluding tert-OH is 1. The molecule has 0 aromatic heterocycles. The SMILES string of the molecule is CC/C=C\C/C=C\C/C=C\C/C=C\C/C=C\C/C=C\CCCCC(=O)OC(CO)COC(=O)CCCCCCCCCCCCCCCCCCCCCCCCC. The Bertz CT molecular complexity index is 1050. The van der Waals surface area contributed by atoms with Gasteiger partial charge in [0.1, 0.15) is 6.61 Å². The third-order valence-corrected chi connectivity index (χ3v) is 10.5. The predicted molar refractivity (Wildman–Crippen MR) is 251 cm³/mol. The molecule has 0 amide bonds. The fourth-order valence-corrected chi connectivity index (χ4v) is 6.85. The zero-order chi connectivity index (χ0) is 42.1. The first-order chi connectivity index (χ1) is 28.6. The van der Waals surface area contributed by atoms with Crippen molar-refractivity contribution >= 4 is 11.9 Å². The van der Waals surface area contributed by atoms with E-state index in [1.165, 1.54) is 128 Å². The van der Waals surface area contributed by atoms with E-state index in [2.05, 4.69) is 86.8 Å². The zero-order valence-corrected chi connectivity index (χ0v) is 38.0. The Morgan fingerprint density at radius 1 is 0.414 bits per heavy atom. The molecule has 1 unspecified atom stereocenters. The molecular formula is C53H92O5. The van der Waals surface area contributed by atoms with Crippen LogP contribution < -0.4 is 0 Å². The van der Waals surface area contributed by atoms with Crippen LogP contribution in [-0.4, -0.2) is 36.4 Å². The Kier molecular flexibility index (Phi) is 46.5. The molecule has 0 spiro atoms. The highest BCUT2D eigenvalue weighted by Gasteiger charge is 2.16. The minimum Gasteiger partial charge on any atom is -0.462 e. The van der Waals surface area contributed by atoms with Crippen molar-refractivity contribution in [1.29, 1.82) is 0 Å². The van der Waals surface area contributed by atoms with Crippen molar-refractivity contribution in [3.05, 3.63) is 72.9 Å². The quantitative estimate of drug-likeness (QED) is 0.0377. The second kappa shape index (κ2) is 48.7. The van der Waals surface area contributed by atoms with Gasteiger partial charge in [-0.3, -0.25) is 9.59 Å². The molecule has 334 valence electrons. The summed E-state index contributed by atoms with van der Waals surface area (Å²) in [6, 6.07) is 0. The summed E-state index contributed by atoms with van der Waals surface area (Å²) in [6.07, 6.45) is 65.6. The molecule has 0 aliphatic heterocycles. The summed E-state index contributed by atoms with van der Waals surface area (Å²) in [5, 5.41) is 9.61. The maximum absolute atomic E-state index is 12.2. The van der Waals surface area contributed by atoms with Crippen LogP contribution in [0.4, 0.5) is 0 Å². The molecule has 1 N–H and O–H groups in total. The molecule has 1 atom stereocenters. The van der Waals surface area contributed by atoms with Gasteiger partial charge >= 0.3 is 11.9 Å². The summed E-state index contributed by atoms with van der Waals surface area (Å²) in [4.78, 5) is 24.4. The minimum atomic E-state index is -0.797. The number of allylic oxidation sites excluding steroid dienone is 12. The number of esters is 2. The van der Waals surface area contributed by atoms with Crippen molar-refractivity contribution in [3.63, 3.8) is 0 Å². The number of ether oxygens (including phenoxy) is 2. The highest BCUT2D eigenvalue weighted by molar-refractivity contribution is 5.70. The summed E-state index contributed by atoms with van der Waals surface area (Å²) in [5.74, 6) is -0.637. The van der Waals surface area contributed by atoms with E-state index in [0.717, 1.165) is 77.0 Å². The van der Waals surface area contributed by atoms with Crippen molar-refractivity contribution in [1.82, 2.24) is 0 Å². The number of carbonyl (C=O) groups excluding carboxylic acids is 2. The summed E-state index contributed by atoms with van der Waals surface area (Å²) in [6.45, 7) is 4.01. The van der Waals surface area contributed by atoms with Crippen LogP contribution in [0, 0.1) is 0 Å². The summed E-state index contributed by atoms with van der Waals surface area (Å²) < 4.78 is 10.6. The van der Waals surface area contributed by atoms with Gasteiger partial charge in [0.25, 0.3) is 0 Å². The molecule has 0 aromatic carbocycles. The van der Waals surface area contributed by atoms with Crippen molar-refractivity contribution < 1.29 is 24.2 Å². The van der Waals surface area contributed by atoms with Crippen LogP contribution in [0.15, 0.2) is 72.9 Å². The lowest BCUT2D eigenvalue weighted by Gasteiger charge is -2.15. The Hall–Kier alpha value is -2.66. The Labute approximate surface area is 359 Å². The van der Waals surface area contributed by atoms with Gasteiger partial charge in [-0.15, -0.1) is 0 Å². The third-order valence-electron chi connectivity index (χ3n) is 10.5. The number of hydrogen-bond donors (Lipinski definition) is 1. The largest absolute Gasteiger partial charge is 0.462 e. The molecule has 0 fully saturated rings. The molecule has 0 aromatic rings. The smallest absolute Gasteiger partial charge is 0.306 e. The predicted octanol–water partition coefficient (Wildman–Crippen LogP) is 16.1. The van der Waals surface area contributed by atoms with Crippen LogP contribution in [0.2, 0.25) is 0 Å². The van der Waals surface area contributed by atoms with Gasteiger partial charge < -0.3 is 14.6 Å². The molecule has 5 heteroatoms. The highest BCUT2D eigenvalue weighted by Crippen LogP contribution is 2.16. The van der Waals surface area contributed by atoms with Crippen LogP contribution in [-0.2, 0) is 19.1 Å². The van der Waals surface area contributed by atoms with Crippen LogP contribution in [0.1, 0.15) is 232 Å². The third kappa shape index (κ3) is 46.0. The van der Waals surface area contributed by atoms with Gasteiger partial charge in [-0.2, -0.15) is 0 Å². The normalized spacial score (nSPS) is 12.8. The van der Waals surface area contributed by atoms with Gasteiger partial charge in [0.05, 0.1) is 6.61 Å². The van der Waals surface area contributed by atoms with E-state index in [4.69, 9.17) is 9.47 Å². The van der Waals surface area contributed by atoms with E-state index in [9.17, 15) is 14.7 Å². The van der Waals surface area contributed by atoms with E-state index in [0.29, 0.717) is 12.8 Å². The Morgan fingerprint density at radius 3 is 1.12 bits per heavy atom. The van der Waals surface area contributed by atoms with Gasteiger partial charge in [0.15, 0.2) is 6.10 Å². The standard InChI is InChI=1S/C53H92O5/c1-3-5-7-9-11-13-15-17-19-21-23-25-26-28-29-31-33-35-37-39-41-43-45-47-52(55)57-50-51(49-54)58-53(56)48-46-44-42-40-38-36-34-32-30-27-24-22-20-18-16-14-12-10-8-6-4-2/h6,8,12,14,18,20,24,27,32,34,38,40,51,54H,3-5,7,9-11,13,15-17,19,21-23,25-26,28-31,33,35-37,39,41-50H2,1-2H3/b8-6-,14-12-,20-18-,27-24-,34-32-,40-38-. The van der Waals surface area contributed by atoms with E-state index >= 15 is 0 Å². The highest BCUT2D eigenvalue weighted by atomic mass is 16.6. The molecular weight excluding hydrogens is 717 g/mol. The summed E-state index contributed by atoms with van der Waals surface area (Å²) >= 11 is 0. The van der Waals surface area contributed by atoms with Gasteiger partial charge in [-0.1, -0.05) is 228 Å². The average Bonchev–Trinajstić information content (AvgIpc) is 3.23. The Balaban J connectivity index is 3.57. The van der Waals surface area contributed by atoms with Gasteiger partial charge in [-0.05, 0) is 64.2 Å². The number of unbranched alkanes of at least 4 members (excludes halogenated alkanes) is 24. The first kappa shape index (κ1) is 55.3. The second-order valence-corrected chi connectivity index (χ2v) is 16.2. The fraction of sp³-hybridized carbons (Fsp3) is 0.736. The van der Waals surface area contributed by atoms with E-state index in [1.807, 2.05) is 0 Å². The molecule has 0 radical (unpaired) electrons. The number of carbonyl (C=O) groups is 2. The molecule has 0 rings (SSSR count). The lowest BCUT2D eigenvalue weighted by atomic mass is 10.0. The van der Waals surface area contributed by atoms with E-state index < -0.39 is 6.10 Å². The topological polar surface area (TPSA) is 72.8 Å². The first-order valence-electron chi connectivity index (χ1n) is 24.5. The average molecular weight is 809 g/mol.